The third-order valence-corrected chi connectivity index (χ3v) is 4.40. The molecule has 0 saturated heterocycles. The first kappa shape index (κ1) is 11.7. The van der Waals surface area contributed by atoms with E-state index in [9.17, 15) is 5.11 Å². The van der Waals surface area contributed by atoms with E-state index >= 15 is 0 Å². The normalized spacial score (nSPS) is 35.4. The van der Waals surface area contributed by atoms with E-state index in [2.05, 4.69) is 30.4 Å². The Labute approximate surface area is 108 Å². The van der Waals surface area contributed by atoms with Crippen LogP contribution < -0.4 is 5.73 Å². The number of fused-ring (bicyclic) bond motifs is 2. The second-order valence-electron chi connectivity index (χ2n) is 5.45. The van der Waals surface area contributed by atoms with Crippen molar-refractivity contribution in [3.05, 3.63) is 60.2 Å². The highest BCUT2D eigenvalue weighted by atomic mass is 16.3. The van der Waals surface area contributed by atoms with Crippen molar-refractivity contribution >= 4 is 0 Å². The van der Waals surface area contributed by atoms with Gasteiger partial charge in [-0.3, -0.25) is 0 Å². The maximum absolute atomic E-state index is 10.4. The van der Waals surface area contributed by atoms with E-state index in [-0.39, 0.29) is 11.5 Å². The minimum Gasteiger partial charge on any atom is -0.388 e. The van der Waals surface area contributed by atoms with Crippen molar-refractivity contribution in [3.8, 4) is 0 Å². The summed E-state index contributed by atoms with van der Waals surface area (Å²) in [5.41, 5.74) is 7.35. The van der Waals surface area contributed by atoms with E-state index in [0.717, 1.165) is 18.4 Å². The van der Waals surface area contributed by atoms with Crippen LogP contribution >= 0.6 is 0 Å². The van der Waals surface area contributed by atoms with Crippen molar-refractivity contribution in [2.75, 3.05) is 0 Å². The Morgan fingerprint density at radius 2 is 1.94 bits per heavy atom. The molecule has 4 atom stereocenters. The van der Waals surface area contributed by atoms with Gasteiger partial charge in [-0.15, -0.1) is 0 Å². The minimum absolute atomic E-state index is 0.119. The van der Waals surface area contributed by atoms with Gasteiger partial charge in [-0.05, 0) is 24.3 Å². The molecule has 0 radical (unpaired) electrons. The highest BCUT2D eigenvalue weighted by molar-refractivity contribution is 5.28. The summed E-state index contributed by atoms with van der Waals surface area (Å²) >= 11 is 0. The van der Waals surface area contributed by atoms with Gasteiger partial charge < -0.3 is 10.8 Å². The molecule has 0 amide bonds. The molecule has 0 aromatic heterocycles. The smallest absolute Gasteiger partial charge is 0.0798 e. The van der Waals surface area contributed by atoms with Gasteiger partial charge in [-0.2, -0.15) is 0 Å². The Morgan fingerprint density at radius 3 is 2.72 bits per heavy atom. The van der Waals surface area contributed by atoms with Crippen LogP contribution in [0.15, 0.2) is 54.6 Å². The number of allylic oxidation sites excluding steroid dienone is 3. The largest absolute Gasteiger partial charge is 0.388 e. The number of hydrogen-bond donors (Lipinski definition) is 2. The maximum atomic E-state index is 10.4. The highest BCUT2D eigenvalue weighted by Gasteiger charge is 2.46. The summed E-state index contributed by atoms with van der Waals surface area (Å²) in [4.78, 5) is 0. The summed E-state index contributed by atoms with van der Waals surface area (Å²) < 4.78 is 0. The van der Waals surface area contributed by atoms with Crippen LogP contribution in [0.25, 0.3) is 0 Å². The fourth-order valence-electron chi connectivity index (χ4n) is 3.30. The van der Waals surface area contributed by atoms with Crippen LogP contribution in [-0.4, -0.2) is 11.2 Å². The van der Waals surface area contributed by atoms with Gasteiger partial charge in [0, 0.05) is 11.5 Å². The molecule has 2 aliphatic carbocycles. The molecule has 2 heteroatoms. The number of hydrogen-bond acceptors (Lipinski definition) is 2. The summed E-state index contributed by atoms with van der Waals surface area (Å²) in [5, 5.41) is 10.4. The Morgan fingerprint density at radius 1 is 1.17 bits per heavy atom. The van der Waals surface area contributed by atoms with E-state index in [1.165, 1.54) is 0 Å². The standard InChI is InChI=1S/C16H19NO/c17-15(13-6-2-1-3-7-13)16-10-4-5-12(11-16)8-9-14(16)18/h1-9,12,14-15,18H,10-11,17H2. The molecule has 2 aliphatic rings. The lowest BCUT2D eigenvalue weighted by Gasteiger charge is -2.47. The summed E-state index contributed by atoms with van der Waals surface area (Å²) in [6.07, 6.45) is 9.75. The molecular formula is C16H19NO. The topological polar surface area (TPSA) is 46.2 Å². The van der Waals surface area contributed by atoms with Crippen molar-refractivity contribution in [3.63, 3.8) is 0 Å². The van der Waals surface area contributed by atoms with E-state index in [4.69, 9.17) is 5.73 Å². The lowest BCUT2D eigenvalue weighted by atomic mass is 9.61. The zero-order valence-corrected chi connectivity index (χ0v) is 10.4. The van der Waals surface area contributed by atoms with Gasteiger partial charge in [0.2, 0.25) is 0 Å². The fraction of sp³-hybridized carbons (Fsp3) is 0.375. The Bertz CT molecular complexity index is 479. The van der Waals surface area contributed by atoms with E-state index in [1.54, 1.807) is 0 Å². The zero-order chi connectivity index (χ0) is 12.6. The van der Waals surface area contributed by atoms with Crippen LogP contribution in [0, 0.1) is 11.3 Å². The summed E-state index contributed by atoms with van der Waals surface area (Å²) in [6.45, 7) is 0. The van der Waals surface area contributed by atoms with Crippen LogP contribution in [0.1, 0.15) is 24.4 Å². The first-order chi connectivity index (χ1) is 8.72. The van der Waals surface area contributed by atoms with Gasteiger partial charge in [0.05, 0.1) is 6.10 Å². The lowest BCUT2D eigenvalue weighted by molar-refractivity contribution is 0.0145. The minimum atomic E-state index is -0.450. The third-order valence-electron chi connectivity index (χ3n) is 4.40. The Kier molecular flexibility index (Phi) is 2.84. The highest BCUT2D eigenvalue weighted by Crippen LogP contribution is 2.49. The molecule has 94 valence electrons. The summed E-state index contributed by atoms with van der Waals surface area (Å²) in [6, 6.07) is 10.00. The fourth-order valence-corrected chi connectivity index (χ4v) is 3.30. The van der Waals surface area contributed by atoms with Crippen molar-refractivity contribution in [2.24, 2.45) is 17.1 Å². The summed E-state index contributed by atoms with van der Waals surface area (Å²) in [5.74, 6) is 0.428. The molecule has 1 aromatic carbocycles. The number of benzene rings is 1. The molecule has 3 N–H and O–H groups in total. The monoisotopic (exact) mass is 241 g/mol. The third kappa shape index (κ3) is 1.73. The van der Waals surface area contributed by atoms with Crippen molar-refractivity contribution in [1.82, 2.24) is 0 Å². The van der Waals surface area contributed by atoms with Crippen molar-refractivity contribution in [2.45, 2.75) is 25.0 Å². The van der Waals surface area contributed by atoms with Crippen LogP contribution in [0.4, 0.5) is 0 Å². The van der Waals surface area contributed by atoms with E-state index < -0.39 is 6.10 Å². The maximum Gasteiger partial charge on any atom is 0.0798 e. The molecule has 2 bridgehead atoms. The van der Waals surface area contributed by atoms with Gasteiger partial charge in [0.1, 0.15) is 0 Å². The molecule has 0 aliphatic heterocycles. The van der Waals surface area contributed by atoms with E-state index in [1.807, 2.05) is 24.3 Å². The van der Waals surface area contributed by atoms with Crippen LogP contribution in [-0.2, 0) is 0 Å². The SMILES string of the molecule is NC(c1ccccc1)C12CC=CC(C=CC1O)C2. The van der Waals surface area contributed by atoms with E-state index in [0.29, 0.717) is 5.92 Å². The second-order valence-corrected chi connectivity index (χ2v) is 5.45. The summed E-state index contributed by atoms with van der Waals surface area (Å²) in [7, 11) is 0. The van der Waals surface area contributed by atoms with Gasteiger partial charge in [0.15, 0.2) is 0 Å². The number of aliphatic hydroxyl groups excluding tert-OH is 1. The van der Waals surface area contributed by atoms with Crippen molar-refractivity contribution in [1.29, 1.82) is 0 Å². The van der Waals surface area contributed by atoms with Gasteiger partial charge >= 0.3 is 0 Å². The second kappa shape index (κ2) is 4.38. The van der Waals surface area contributed by atoms with Crippen molar-refractivity contribution < 1.29 is 5.11 Å². The quantitative estimate of drug-likeness (QED) is 0.782. The molecule has 18 heavy (non-hydrogen) atoms. The molecule has 0 heterocycles. The predicted octanol–water partition coefficient (Wildman–Crippen LogP) is 2.57. The average molecular weight is 241 g/mol. The first-order valence-corrected chi connectivity index (χ1v) is 6.56. The first-order valence-electron chi connectivity index (χ1n) is 6.56. The van der Waals surface area contributed by atoms with Crippen LogP contribution in [0.5, 0.6) is 0 Å². The number of rotatable bonds is 2. The average Bonchev–Trinajstić information content (AvgIpc) is 2.44. The van der Waals surface area contributed by atoms with Gasteiger partial charge in [-0.25, -0.2) is 0 Å². The Balaban J connectivity index is 1.99. The van der Waals surface area contributed by atoms with Crippen LogP contribution in [0.2, 0.25) is 0 Å². The molecule has 2 nitrogen and oxygen atoms in total. The molecule has 0 fully saturated rings. The molecule has 4 unspecified atom stereocenters. The lowest BCUT2D eigenvalue weighted by Crippen LogP contribution is -2.47. The van der Waals surface area contributed by atoms with Crippen LogP contribution in [0.3, 0.4) is 0 Å². The molecule has 0 spiro atoms. The number of nitrogens with two attached hydrogens (primary N) is 1. The predicted molar refractivity (Wildman–Crippen MR) is 72.8 cm³/mol. The zero-order valence-electron chi connectivity index (χ0n) is 10.4. The molecule has 0 saturated carbocycles. The molecular weight excluding hydrogens is 222 g/mol. The van der Waals surface area contributed by atoms with Gasteiger partial charge in [-0.1, -0.05) is 54.6 Å². The van der Waals surface area contributed by atoms with Gasteiger partial charge in [0.25, 0.3) is 0 Å². The Hall–Kier alpha value is -1.38. The number of aliphatic hydroxyl groups is 1. The molecule has 3 rings (SSSR count). The molecule has 1 aromatic rings.